The maximum absolute atomic E-state index is 12.7. The number of pyridine rings is 1. The largest absolute Gasteiger partial charge is 0.478 e. The molecule has 0 saturated carbocycles. The molecule has 2 aromatic carbocycles. The molecule has 1 aliphatic rings. The van der Waals surface area contributed by atoms with Gasteiger partial charge in [0, 0.05) is 23.9 Å². The minimum atomic E-state index is -0.0401. The van der Waals surface area contributed by atoms with Crippen molar-refractivity contribution < 1.29 is 19.0 Å². The van der Waals surface area contributed by atoms with E-state index < -0.39 is 0 Å². The fourth-order valence-electron chi connectivity index (χ4n) is 4.53. The fraction of sp³-hybridized carbons (Fsp3) is 0.321. The summed E-state index contributed by atoms with van der Waals surface area (Å²) in [6.07, 6.45) is 0.843. The van der Waals surface area contributed by atoms with E-state index in [0.29, 0.717) is 37.6 Å². The number of rotatable bonds is 8. The minimum Gasteiger partial charge on any atom is -0.478 e. The van der Waals surface area contributed by atoms with E-state index in [0.717, 1.165) is 44.9 Å². The number of benzene rings is 2. The summed E-state index contributed by atoms with van der Waals surface area (Å²) < 4.78 is 18.6. The highest BCUT2D eigenvalue weighted by Crippen LogP contribution is 2.33. The molecule has 0 spiro atoms. The molecule has 8 heteroatoms. The molecule has 1 aliphatic heterocycles. The van der Waals surface area contributed by atoms with Crippen LogP contribution in [0.2, 0.25) is 0 Å². The zero-order chi connectivity index (χ0) is 25.2. The van der Waals surface area contributed by atoms with Gasteiger partial charge in [0.05, 0.1) is 18.0 Å². The second-order valence-corrected chi connectivity index (χ2v) is 8.95. The lowest BCUT2D eigenvalue weighted by Gasteiger charge is -2.14. The van der Waals surface area contributed by atoms with Crippen molar-refractivity contribution in [3.8, 4) is 23.1 Å². The van der Waals surface area contributed by atoms with Crippen LogP contribution in [-0.4, -0.2) is 34.1 Å². The first-order chi connectivity index (χ1) is 17.4. The molecule has 3 heterocycles. The second kappa shape index (κ2) is 9.89. The highest BCUT2D eigenvalue weighted by Gasteiger charge is 2.21. The van der Waals surface area contributed by atoms with Crippen LogP contribution in [0.25, 0.3) is 16.7 Å². The molecule has 1 N–H and O–H groups in total. The Bertz CT molecular complexity index is 1430. The Morgan fingerprint density at radius 1 is 1.08 bits per heavy atom. The maximum atomic E-state index is 12.7. The van der Waals surface area contributed by atoms with Gasteiger partial charge in [-0.1, -0.05) is 23.8 Å². The van der Waals surface area contributed by atoms with Crippen molar-refractivity contribution >= 4 is 16.9 Å². The van der Waals surface area contributed by atoms with Gasteiger partial charge in [0.2, 0.25) is 18.6 Å². The highest BCUT2D eigenvalue weighted by molar-refractivity contribution is 5.86. The minimum absolute atomic E-state index is 0.0401. The highest BCUT2D eigenvalue weighted by atomic mass is 16.7. The first kappa shape index (κ1) is 23.7. The van der Waals surface area contributed by atoms with Crippen molar-refractivity contribution in [2.75, 3.05) is 13.4 Å². The molecule has 8 nitrogen and oxygen atoms in total. The Morgan fingerprint density at radius 3 is 2.64 bits per heavy atom. The van der Waals surface area contributed by atoms with Crippen molar-refractivity contribution in [2.24, 2.45) is 0 Å². The Labute approximate surface area is 210 Å². The number of carbonyl (C=O) groups excluding carboxylic acids is 1. The smallest absolute Gasteiger partial charge is 0.231 e. The Balaban J connectivity index is 1.36. The number of nitrogens with one attached hydrogen (secondary N) is 1. The number of aromatic nitrogens is 3. The fourth-order valence-corrected chi connectivity index (χ4v) is 4.53. The Kier molecular flexibility index (Phi) is 6.50. The Morgan fingerprint density at radius 2 is 1.86 bits per heavy atom. The SMILES string of the molecule is CCOc1nc2c(c(C)nn2-c2ccc(C)cc2)c(C)c1CCC(=O)NCc1ccc2c(c1)OCO2. The van der Waals surface area contributed by atoms with Crippen LogP contribution in [0.15, 0.2) is 42.5 Å². The van der Waals surface area contributed by atoms with Gasteiger partial charge < -0.3 is 19.5 Å². The van der Waals surface area contributed by atoms with Crippen LogP contribution >= 0.6 is 0 Å². The molecule has 0 bridgehead atoms. The van der Waals surface area contributed by atoms with Crippen LogP contribution in [0, 0.1) is 20.8 Å². The van der Waals surface area contributed by atoms with E-state index in [2.05, 4.69) is 31.3 Å². The molecule has 0 saturated heterocycles. The molecule has 36 heavy (non-hydrogen) atoms. The Hall–Kier alpha value is -4.07. The van der Waals surface area contributed by atoms with Gasteiger partial charge >= 0.3 is 0 Å². The standard InChI is InChI=1S/C28H30N4O4/c1-5-34-28-22(11-13-25(33)29-15-20-8-12-23-24(14-20)36-16-35-23)18(3)26-19(4)31-32(27(26)30-28)21-9-6-17(2)7-10-21/h6-10,12,14H,5,11,13,15-16H2,1-4H3,(H,29,33). The average Bonchev–Trinajstić information content (AvgIpc) is 3.47. The summed E-state index contributed by atoms with van der Waals surface area (Å²) in [5.74, 6) is 1.95. The average molecular weight is 487 g/mol. The zero-order valence-electron chi connectivity index (χ0n) is 21.1. The van der Waals surface area contributed by atoms with E-state index in [1.54, 1.807) is 0 Å². The molecular formula is C28H30N4O4. The summed E-state index contributed by atoms with van der Waals surface area (Å²) >= 11 is 0. The molecule has 1 amide bonds. The molecule has 186 valence electrons. The molecule has 0 atom stereocenters. The van der Waals surface area contributed by atoms with E-state index in [1.807, 2.05) is 48.9 Å². The molecule has 4 aromatic rings. The topological polar surface area (TPSA) is 87.5 Å². The summed E-state index contributed by atoms with van der Waals surface area (Å²) in [7, 11) is 0. The van der Waals surface area contributed by atoms with E-state index in [4.69, 9.17) is 24.3 Å². The van der Waals surface area contributed by atoms with Gasteiger partial charge in [-0.05, 0) is 69.5 Å². The monoisotopic (exact) mass is 486 g/mol. The predicted molar refractivity (Wildman–Crippen MR) is 137 cm³/mol. The number of amides is 1. The summed E-state index contributed by atoms with van der Waals surface area (Å²) in [6, 6.07) is 13.9. The van der Waals surface area contributed by atoms with Crippen LogP contribution in [0.1, 0.15) is 41.3 Å². The van der Waals surface area contributed by atoms with Gasteiger partial charge in [0.1, 0.15) is 0 Å². The van der Waals surface area contributed by atoms with Crippen LogP contribution in [-0.2, 0) is 17.8 Å². The normalized spacial score (nSPS) is 12.2. The summed E-state index contributed by atoms with van der Waals surface area (Å²) in [5, 5.41) is 8.77. The van der Waals surface area contributed by atoms with Gasteiger partial charge in [-0.3, -0.25) is 4.79 Å². The molecule has 0 aliphatic carbocycles. The van der Waals surface area contributed by atoms with Crippen molar-refractivity contribution in [1.82, 2.24) is 20.1 Å². The van der Waals surface area contributed by atoms with E-state index in [1.165, 1.54) is 5.56 Å². The van der Waals surface area contributed by atoms with Crippen LogP contribution < -0.4 is 19.5 Å². The molecule has 0 unspecified atom stereocenters. The summed E-state index contributed by atoms with van der Waals surface area (Å²) in [4.78, 5) is 17.6. The van der Waals surface area contributed by atoms with E-state index in [9.17, 15) is 4.79 Å². The third kappa shape index (κ3) is 4.58. The van der Waals surface area contributed by atoms with Crippen LogP contribution in [0.4, 0.5) is 0 Å². The van der Waals surface area contributed by atoms with Gasteiger partial charge in [-0.15, -0.1) is 0 Å². The lowest BCUT2D eigenvalue weighted by molar-refractivity contribution is -0.121. The molecular weight excluding hydrogens is 456 g/mol. The molecule has 2 aromatic heterocycles. The number of ether oxygens (including phenoxy) is 3. The third-order valence-corrected chi connectivity index (χ3v) is 6.42. The van der Waals surface area contributed by atoms with Gasteiger partial charge in [0.25, 0.3) is 0 Å². The maximum Gasteiger partial charge on any atom is 0.231 e. The van der Waals surface area contributed by atoms with Crippen LogP contribution in [0.5, 0.6) is 17.4 Å². The number of aryl methyl sites for hydroxylation is 3. The third-order valence-electron chi connectivity index (χ3n) is 6.42. The molecule has 0 radical (unpaired) electrons. The van der Waals surface area contributed by atoms with Gasteiger partial charge in [0.15, 0.2) is 17.1 Å². The van der Waals surface area contributed by atoms with Gasteiger partial charge in [-0.25, -0.2) is 4.68 Å². The number of hydrogen-bond acceptors (Lipinski definition) is 6. The lowest BCUT2D eigenvalue weighted by Crippen LogP contribution is -2.23. The lowest BCUT2D eigenvalue weighted by atomic mass is 10.0. The van der Waals surface area contributed by atoms with E-state index in [-0.39, 0.29) is 12.7 Å². The molecule has 5 rings (SSSR count). The zero-order valence-corrected chi connectivity index (χ0v) is 21.1. The summed E-state index contributed by atoms with van der Waals surface area (Å²) in [6.45, 7) is 9.18. The van der Waals surface area contributed by atoms with E-state index >= 15 is 0 Å². The second-order valence-electron chi connectivity index (χ2n) is 8.95. The van der Waals surface area contributed by atoms with Gasteiger partial charge in [-0.2, -0.15) is 10.1 Å². The number of fused-ring (bicyclic) bond motifs is 2. The van der Waals surface area contributed by atoms with Crippen molar-refractivity contribution in [2.45, 2.75) is 47.1 Å². The van der Waals surface area contributed by atoms with Crippen molar-refractivity contribution in [3.05, 3.63) is 70.4 Å². The number of carbonyl (C=O) groups is 1. The van der Waals surface area contributed by atoms with Crippen LogP contribution in [0.3, 0.4) is 0 Å². The number of hydrogen-bond donors (Lipinski definition) is 1. The quantitative estimate of drug-likeness (QED) is 0.388. The van der Waals surface area contributed by atoms with Crippen molar-refractivity contribution in [1.29, 1.82) is 0 Å². The van der Waals surface area contributed by atoms with Crippen molar-refractivity contribution in [3.63, 3.8) is 0 Å². The number of nitrogens with zero attached hydrogens (tertiary/aromatic N) is 3. The first-order valence-corrected chi connectivity index (χ1v) is 12.2. The molecule has 0 fully saturated rings. The first-order valence-electron chi connectivity index (χ1n) is 12.2. The predicted octanol–water partition coefficient (Wildman–Crippen LogP) is 4.72. The summed E-state index contributed by atoms with van der Waals surface area (Å²) in [5.41, 5.74) is 6.73.